The minimum Gasteiger partial charge on any atom is -0.385 e. The van der Waals surface area contributed by atoms with Crippen molar-refractivity contribution >= 4 is 27.6 Å². The molecule has 0 spiro atoms. The highest BCUT2D eigenvalue weighted by Crippen LogP contribution is 2.16. The molecule has 1 aliphatic rings. The number of anilines is 1. The van der Waals surface area contributed by atoms with E-state index in [-0.39, 0.29) is 5.25 Å². The molecule has 1 aromatic rings. The minimum atomic E-state index is -1.33. The molecule has 2 heterocycles. The lowest BCUT2D eigenvalue weighted by atomic mass is 10.1. The van der Waals surface area contributed by atoms with E-state index in [1.807, 2.05) is 19.9 Å². The van der Waals surface area contributed by atoms with Gasteiger partial charge in [-0.2, -0.15) is 4.37 Å². The number of hydrogen-bond acceptors (Lipinski definition) is 7. The molecule has 29 heavy (non-hydrogen) atoms. The van der Waals surface area contributed by atoms with Crippen molar-refractivity contribution in [2.24, 2.45) is 0 Å². The van der Waals surface area contributed by atoms with Crippen LogP contribution in [0.25, 0.3) is 0 Å². The number of halogens is 1. The highest BCUT2D eigenvalue weighted by atomic mass is 32.2. The van der Waals surface area contributed by atoms with Crippen LogP contribution in [0.15, 0.2) is 29.7 Å². The molecule has 4 N–H and O–H groups in total. The highest BCUT2D eigenvalue weighted by Gasteiger charge is 2.14. The van der Waals surface area contributed by atoms with Crippen molar-refractivity contribution in [2.75, 3.05) is 37.6 Å². The summed E-state index contributed by atoms with van der Waals surface area (Å²) in [5, 5.41) is 10.6. The molecule has 2 unspecified atom stereocenters. The van der Waals surface area contributed by atoms with Crippen molar-refractivity contribution in [3.05, 3.63) is 29.7 Å². The van der Waals surface area contributed by atoms with Gasteiger partial charge < -0.3 is 16.0 Å². The van der Waals surface area contributed by atoms with Crippen LogP contribution in [-0.2, 0) is 11.0 Å². The SMILES string of the molecule is CCC(=C/C(C)S(=O)Nc1ncns1)/C(=C\CF)NCCCCN[C@H]1CCNC1. The first kappa shape index (κ1) is 23.9. The summed E-state index contributed by atoms with van der Waals surface area (Å²) in [6.45, 7) is 7.30. The van der Waals surface area contributed by atoms with Crippen LogP contribution >= 0.6 is 11.5 Å². The van der Waals surface area contributed by atoms with Crippen LogP contribution in [0.1, 0.15) is 39.5 Å². The topological polar surface area (TPSA) is 91.0 Å². The maximum absolute atomic E-state index is 13.0. The Balaban J connectivity index is 1.79. The molecule has 0 aromatic carbocycles. The van der Waals surface area contributed by atoms with E-state index in [0.717, 1.165) is 56.7 Å². The molecule has 0 radical (unpaired) electrons. The van der Waals surface area contributed by atoms with Gasteiger partial charge in [-0.25, -0.2) is 13.6 Å². The fourth-order valence-electron chi connectivity index (χ4n) is 3.14. The summed E-state index contributed by atoms with van der Waals surface area (Å²) in [6.07, 6.45) is 8.93. The Bertz CT molecular complexity index is 662. The zero-order valence-electron chi connectivity index (χ0n) is 17.2. The van der Waals surface area contributed by atoms with Crippen molar-refractivity contribution in [3.63, 3.8) is 0 Å². The summed E-state index contributed by atoms with van der Waals surface area (Å²) in [5.41, 5.74) is 1.76. The maximum atomic E-state index is 13.0. The zero-order valence-corrected chi connectivity index (χ0v) is 18.9. The number of allylic oxidation sites excluding steroid dienone is 2. The number of aromatic nitrogens is 2. The zero-order chi connectivity index (χ0) is 20.9. The van der Waals surface area contributed by atoms with Crippen LogP contribution in [0, 0.1) is 0 Å². The van der Waals surface area contributed by atoms with Gasteiger partial charge in [0.25, 0.3) is 0 Å². The Kier molecular flexibility index (Phi) is 11.4. The van der Waals surface area contributed by atoms with Gasteiger partial charge in [-0.15, -0.1) is 0 Å². The number of unbranched alkanes of at least 4 members (excludes halogenated alkanes) is 1. The van der Waals surface area contributed by atoms with E-state index < -0.39 is 17.7 Å². The Hall–Kier alpha value is -1.36. The Morgan fingerprint density at radius 1 is 1.48 bits per heavy atom. The van der Waals surface area contributed by atoms with Gasteiger partial charge in [-0.1, -0.05) is 13.0 Å². The second kappa shape index (κ2) is 13.8. The summed E-state index contributed by atoms with van der Waals surface area (Å²) in [4.78, 5) is 3.99. The van der Waals surface area contributed by atoms with E-state index in [9.17, 15) is 8.60 Å². The van der Waals surface area contributed by atoms with E-state index >= 15 is 0 Å². The maximum Gasteiger partial charge on any atom is 0.214 e. The molecule has 0 aliphatic carbocycles. The lowest BCUT2D eigenvalue weighted by Crippen LogP contribution is -2.32. The number of rotatable bonds is 14. The number of hydrogen-bond donors (Lipinski definition) is 4. The van der Waals surface area contributed by atoms with Crippen LogP contribution in [0.2, 0.25) is 0 Å². The molecule has 0 bridgehead atoms. The molecule has 1 aliphatic heterocycles. The van der Waals surface area contributed by atoms with E-state index in [4.69, 9.17) is 0 Å². The molecule has 10 heteroatoms. The highest BCUT2D eigenvalue weighted by molar-refractivity contribution is 7.87. The van der Waals surface area contributed by atoms with Crippen LogP contribution < -0.4 is 20.7 Å². The van der Waals surface area contributed by atoms with Crippen molar-refractivity contribution in [2.45, 2.75) is 50.8 Å². The fourth-order valence-corrected chi connectivity index (χ4v) is 4.52. The predicted octanol–water partition coefficient (Wildman–Crippen LogP) is 2.51. The summed E-state index contributed by atoms with van der Waals surface area (Å²) in [6, 6.07) is 0.593. The summed E-state index contributed by atoms with van der Waals surface area (Å²) in [7, 11) is -1.33. The van der Waals surface area contributed by atoms with Gasteiger partial charge in [-0.05, 0) is 57.3 Å². The van der Waals surface area contributed by atoms with E-state index in [1.54, 1.807) is 6.08 Å². The van der Waals surface area contributed by atoms with Crippen molar-refractivity contribution in [1.29, 1.82) is 0 Å². The van der Waals surface area contributed by atoms with Crippen molar-refractivity contribution in [1.82, 2.24) is 25.3 Å². The van der Waals surface area contributed by atoms with Crippen LogP contribution in [0.5, 0.6) is 0 Å². The first-order chi connectivity index (χ1) is 14.1. The molecule has 164 valence electrons. The van der Waals surface area contributed by atoms with Crippen molar-refractivity contribution in [3.8, 4) is 0 Å². The standard InChI is InChI=1S/C19H33FN6OS2/c1-3-16(12-15(2)29(27)26-19-24-14-25-28-19)18(6-8-20)23-10-5-4-9-22-17-7-11-21-13-17/h6,12,14-15,17,21-23H,3-5,7-11,13H2,1-2H3,(H,24,25,26)/b16-12-,18-6+/t15?,17-,29?/m0/s1. The average Bonchev–Trinajstić information content (AvgIpc) is 3.42. The third-order valence-corrected chi connectivity index (χ3v) is 6.66. The van der Waals surface area contributed by atoms with Gasteiger partial charge in [0.05, 0.1) is 5.25 Å². The molecule has 0 saturated carbocycles. The van der Waals surface area contributed by atoms with Gasteiger partial charge in [0, 0.05) is 36.4 Å². The minimum absolute atomic E-state index is 0.247. The van der Waals surface area contributed by atoms with E-state index in [2.05, 4.69) is 30.0 Å². The third-order valence-electron chi connectivity index (χ3n) is 4.74. The summed E-state index contributed by atoms with van der Waals surface area (Å²) < 4.78 is 32.2. The lowest BCUT2D eigenvalue weighted by Gasteiger charge is -2.16. The van der Waals surface area contributed by atoms with E-state index in [0.29, 0.717) is 11.2 Å². The second-order valence-electron chi connectivity index (χ2n) is 6.95. The molecule has 7 nitrogen and oxygen atoms in total. The first-order valence-electron chi connectivity index (χ1n) is 10.2. The van der Waals surface area contributed by atoms with Gasteiger partial charge in [-0.3, -0.25) is 4.72 Å². The lowest BCUT2D eigenvalue weighted by molar-refractivity contribution is 0.521. The monoisotopic (exact) mass is 444 g/mol. The van der Waals surface area contributed by atoms with Crippen LogP contribution in [0.4, 0.5) is 9.52 Å². The number of nitrogens with zero attached hydrogens (tertiary/aromatic N) is 2. The van der Waals surface area contributed by atoms with Crippen LogP contribution in [-0.4, -0.2) is 57.7 Å². The van der Waals surface area contributed by atoms with Crippen molar-refractivity contribution < 1.29 is 8.60 Å². The van der Waals surface area contributed by atoms with E-state index in [1.165, 1.54) is 24.3 Å². The van der Waals surface area contributed by atoms with Gasteiger partial charge in [0.15, 0.2) is 0 Å². The quantitative estimate of drug-likeness (QED) is 0.260. The Morgan fingerprint density at radius 2 is 2.31 bits per heavy atom. The Morgan fingerprint density at radius 3 is 2.97 bits per heavy atom. The summed E-state index contributed by atoms with van der Waals surface area (Å²) >= 11 is 1.17. The fraction of sp³-hybridized carbons (Fsp3) is 0.684. The van der Waals surface area contributed by atoms with Gasteiger partial charge in [0.2, 0.25) is 5.13 Å². The van der Waals surface area contributed by atoms with Gasteiger partial charge in [0.1, 0.15) is 24.0 Å². The Labute approximate surface area is 179 Å². The smallest absolute Gasteiger partial charge is 0.214 e. The second-order valence-corrected chi connectivity index (χ2v) is 9.27. The number of alkyl halides is 1. The molecule has 0 amide bonds. The normalized spacial score (nSPS) is 19.9. The molecular formula is C19H33FN6OS2. The summed E-state index contributed by atoms with van der Waals surface area (Å²) in [5.74, 6) is 0. The largest absolute Gasteiger partial charge is 0.385 e. The van der Waals surface area contributed by atoms with Crippen LogP contribution in [0.3, 0.4) is 0 Å². The first-order valence-corrected chi connectivity index (χ1v) is 12.2. The van der Waals surface area contributed by atoms with Gasteiger partial charge >= 0.3 is 0 Å². The molecular weight excluding hydrogens is 411 g/mol. The molecule has 2 rings (SSSR count). The third kappa shape index (κ3) is 8.90. The predicted molar refractivity (Wildman–Crippen MR) is 120 cm³/mol. The average molecular weight is 445 g/mol. The molecule has 1 fully saturated rings. The molecule has 1 aromatic heterocycles. The number of nitrogens with one attached hydrogen (secondary N) is 4. The molecule has 3 atom stereocenters. The molecule has 1 saturated heterocycles.